The second-order valence-electron chi connectivity index (χ2n) is 8.02. The van der Waals surface area contributed by atoms with Gasteiger partial charge in [0.1, 0.15) is 29.7 Å². The summed E-state index contributed by atoms with van der Waals surface area (Å²) in [4.78, 5) is 19.4. The predicted octanol–water partition coefficient (Wildman–Crippen LogP) is 4.78. The number of ether oxygens (including phenoxy) is 2. The van der Waals surface area contributed by atoms with Gasteiger partial charge in [0.2, 0.25) is 5.91 Å². The first-order valence-corrected chi connectivity index (χ1v) is 10.9. The number of benzene rings is 3. The zero-order valence-corrected chi connectivity index (χ0v) is 18.3. The summed E-state index contributed by atoms with van der Waals surface area (Å²) in [5.74, 6) is 2.05. The largest absolute Gasteiger partial charge is 0.497 e. The third-order valence-corrected chi connectivity index (χ3v) is 5.96. The second-order valence-corrected chi connectivity index (χ2v) is 8.02. The molecule has 1 aliphatic heterocycles. The van der Waals surface area contributed by atoms with E-state index >= 15 is 0 Å². The van der Waals surface area contributed by atoms with Crippen LogP contribution in [-0.2, 0) is 11.3 Å². The number of carbonyl (C=O) groups excluding carboxylic acids is 1. The van der Waals surface area contributed by atoms with Crippen molar-refractivity contribution in [2.24, 2.45) is 0 Å². The van der Waals surface area contributed by atoms with Crippen LogP contribution in [0.1, 0.15) is 18.2 Å². The molecule has 0 aliphatic carbocycles. The van der Waals surface area contributed by atoms with Gasteiger partial charge in [0.25, 0.3) is 0 Å². The fraction of sp³-hybridized carbons (Fsp3) is 0.231. The Morgan fingerprint density at radius 2 is 1.73 bits per heavy atom. The highest BCUT2D eigenvalue weighted by Crippen LogP contribution is 2.33. The number of fused-ring (bicyclic) bond motifs is 1. The normalized spacial score (nSPS) is 15.9. The third-order valence-electron chi connectivity index (χ3n) is 5.96. The molecule has 0 saturated carbocycles. The number of amides is 1. The van der Waals surface area contributed by atoms with Crippen molar-refractivity contribution < 1.29 is 18.7 Å². The number of hydrogen-bond donors (Lipinski definition) is 0. The van der Waals surface area contributed by atoms with Gasteiger partial charge in [0.15, 0.2) is 0 Å². The number of nitrogens with zero attached hydrogens (tertiary/aromatic N) is 3. The summed E-state index contributed by atoms with van der Waals surface area (Å²) < 4.78 is 26.6. The van der Waals surface area contributed by atoms with Gasteiger partial charge in [0.05, 0.1) is 24.7 Å². The summed E-state index contributed by atoms with van der Waals surface area (Å²) in [6.07, 6.45) is 0.361. The number of hydrogen-bond acceptors (Lipinski definition) is 4. The molecule has 33 heavy (non-hydrogen) atoms. The molecule has 1 fully saturated rings. The number of para-hydroxylation sites is 2. The molecule has 0 unspecified atom stereocenters. The van der Waals surface area contributed by atoms with Gasteiger partial charge in [-0.25, -0.2) is 9.37 Å². The minimum Gasteiger partial charge on any atom is -0.497 e. The van der Waals surface area contributed by atoms with Crippen molar-refractivity contribution in [1.82, 2.24) is 9.55 Å². The van der Waals surface area contributed by atoms with Crippen molar-refractivity contribution in [2.45, 2.75) is 18.9 Å². The number of imidazole rings is 1. The molecule has 4 aromatic rings. The molecule has 0 bridgehead atoms. The van der Waals surface area contributed by atoms with Crippen molar-refractivity contribution in [3.05, 3.63) is 84.4 Å². The summed E-state index contributed by atoms with van der Waals surface area (Å²) >= 11 is 0. The van der Waals surface area contributed by atoms with Gasteiger partial charge >= 0.3 is 0 Å². The lowest BCUT2D eigenvalue weighted by Gasteiger charge is -2.17. The monoisotopic (exact) mass is 445 g/mol. The molecule has 1 aliphatic rings. The Hall–Kier alpha value is -3.87. The van der Waals surface area contributed by atoms with Gasteiger partial charge in [-0.3, -0.25) is 4.79 Å². The first-order chi connectivity index (χ1) is 16.1. The maximum absolute atomic E-state index is 13.3. The summed E-state index contributed by atoms with van der Waals surface area (Å²) in [6, 6.07) is 21.5. The third kappa shape index (κ3) is 4.26. The van der Waals surface area contributed by atoms with Crippen molar-refractivity contribution in [3.8, 4) is 11.5 Å². The van der Waals surface area contributed by atoms with Crippen molar-refractivity contribution in [1.29, 1.82) is 0 Å². The van der Waals surface area contributed by atoms with E-state index < -0.39 is 0 Å². The lowest BCUT2D eigenvalue weighted by atomic mass is 10.1. The van der Waals surface area contributed by atoms with Crippen LogP contribution in [0.2, 0.25) is 0 Å². The summed E-state index contributed by atoms with van der Waals surface area (Å²) in [7, 11) is 1.63. The Morgan fingerprint density at radius 1 is 1.00 bits per heavy atom. The molecule has 1 aromatic heterocycles. The highest BCUT2D eigenvalue weighted by atomic mass is 19.1. The Labute approximate surface area is 191 Å². The standard InChI is InChI=1S/C26H24FN3O3/c1-32-21-10-12-22(13-11-21)33-15-14-29-24-5-3-2-4-23(24)28-26(29)18-16-25(31)30(17-18)20-8-6-19(27)7-9-20/h2-13,18H,14-17H2,1H3/t18-/m1/s1. The summed E-state index contributed by atoms with van der Waals surface area (Å²) in [6.45, 7) is 1.57. The lowest BCUT2D eigenvalue weighted by Crippen LogP contribution is -2.24. The molecule has 0 radical (unpaired) electrons. The molecule has 1 saturated heterocycles. The number of carbonyl (C=O) groups is 1. The molecule has 1 atom stereocenters. The molecule has 0 N–H and O–H groups in total. The Kier molecular flexibility index (Phi) is 5.69. The second kappa shape index (κ2) is 8.94. The van der Waals surface area contributed by atoms with Crippen LogP contribution < -0.4 is 14.4 Å². The maximum Gasteiger partial charge on any atom is 0.227 e. The van der Waals surface area contributed by atoms with Gasteiger partial charge in [-0.2, -0.15) is 0 Å². The van der Waals surface area contributed by atoms with Crippen LogP contribution in [0, 0.1) is 5.82 Å². The number of aromatic nitrogens is 2. The molecular formula is C26H24FN3O3. The summed E-state index contributed by atoms with van der Waals surface area (Å²) in [5.41, 5.74) is 2.61. The SMILES string of the molecule is COc1ccc(OCCn2c([C@@H]3CC(=O)N(c4ccc(F)cc4)C3)nc3ccccc32)cc1. The van der Waals surface area contributed by atoms with Crippen LogP contribution in [-0.4, -0.2) is 35.7 Å². The highest BCUT2D eigenvalue weighted by molar-refractivity contribution is 5.96. The minimum atomic E-state index is -0.319. The van der Waals surface area contributed by atoms with Crippen LogP contribution in [0.25, 0.3) is 11.0 Å². The number of halogens is 1. The Morgan fingerprint density at radius 3 is 2.48 bits per heavy atom. The van der Waals surface area contributed by atoms with Gasteiger partial charge in [0, 0.05) is 24.6 Å². The molecule has 7 heteroatoms. The average Bonchev–Trinajstić information content (AvgIpc) is 3.41. The molecule has 3 aromatic carbocycles. The molecule has 2 heterocycles. The highest BCUT2D eigenvalue weighted by Gasteiger charge is 2.34. The van der Waals surface area contributed by atoms with Crippen LogP contribution in [0.15, 0.2) is 72.8 Å². The van der Waals surface area contributed by atoms with E-state index in [2.05, 4.69) is 4.57 Å². The van der Waals surface area contributed by atoms with E-state index in [0.29, 0.717) is 31.8 Å². The Bertz CT molecular complexity index is 1270. The maximum atomic E-state index is 13.3. The topological polar surface area (TPSA) is 56.6 Å². The van der Waals surface area contributed by atoms with Crippen LogP contribution in [0.4, 0.5) is 10.1 Å². The average molecular weight is 445 g/mol. The van der Waals surface area contributed by atoms with E-state index in [4.69, 9.17) is 14.5 Å². The number of anilines is 1. The molecule has 0 spiro atoms. The van der Waals surface area contributed by atoms with Crippen LogP contribution in [0.5, 0.6) is 11.5 Å². The molecule has 168 valence electrons. The predicted molar refractivity (Wildman–Crippen MR) is 124 cm³/mol. The summed E-state index contributed by atoms with van der Waals surface area (Å²) in [5, 5.41) is 0. The first-order valence-electron chi connectivity index (χ1n) is 10.9. The van der Waals surface area contributed by atoms with Crippen molar-refractivity contribution in [2.75, 3.05) is 25.2 Å². The van der Waals surface area contributed by atoms with Gasteiger partial charge < -0.3 is 18.9 Å². The zero-order chi connectivity index (χ0) is 22.8. The fourth-order valence-corrected chi connectivity index (χ4v) is 4.32. The molecule has 5 rings (SSSR count). The Balaban J connectivity index is 1.37. The fourth-order valence-electron chi connectivity index (χ4n) is 4.32. The van der Waals surface area contributed by atoms with E-state index in [1.807, 2.05) is 48.5 Å². The minimum absolute atomic E-state index is 0.0136. The van der Waals surface area contributed by atoms with Crippen LogP contribution in [0.3, 0.4) is 0 Å². The van der Waals surface area contributed by atoms with Gasteiger partial charge in [-0.1, -0.05) is 12.1 Å². The van der Waals surface area contributed by atoms with E-state index in [-0.39, 0.29) is 17.6 Å². The smallest absolute Gasteiger partial charge is 0.227 e. The molecule has 1 amide bonds. The molecule has 6 nitrogen and oxygen atoms in total. The first kappa shape index (κ1) is 21.0. The lowest BCUT2D eigenvalue weighted by molar-refractivity contribution is -0.117. The van der Waals surface area contributed by atoms with Crippen LogP contribution >= 0.6 is 0 Å². The zero-order valence-electron chi connectivity index (χ0n) is 18.3. The number of rotatable bonds is 7. The van der Waals surface area contributed by atoms with E-state index in [0.717, 1.165) is 28.4 Å². The van der Waals surface area contributed by atoms with E-state index in [9.17, 15) is 9.18 Å². The number of methoxy groups -OCH3 is 1. The van der Waals surface area contributed by atoms with Gasteiger partial charge in [-0.15, -0.1) is 0 Å². The van der Waals surface area contributed by atoms with Crippen molar-refractivity contribution in [3.63, 3.8) is 0 Å². The quantitative estimate of drug-likeness (QED) is 0.411. The van der Waals surface area contributed by atoms with E-state index in [1.54, 1.807) is 24.1 Å². The van der Waals surface area contributed by atoms with Crippen molar-refractivity contribution >= 4 is 22.6 Å². The van der Waals surface area contributed by atoms with Gasteiger partial charge in [-0.05, 0) is 60.7 Å². The molecular weight excluding hydrogens is 421 g/mol. The van der Waals surface area contributed by atoms with E-state index in [1.165, 1.54) is 12.1 Å².